The van der Waals surface area contributed by atoms with E-state index in [4.69, 9.17) is 9.84 Å². The Hall–Kier alpha value is -1.77. The molecular weight excluding hydrogens is 282 g/mol. The predicted molar refractivity (Wildman–Crippen MR) is 75.5 cm³/mol. The van der Waals surface area contributed by atoms with E-state index in [1.807, 2.05) is 0 Å². The van der Waals surface area contributed by atoms with Gasteiger partial charge in [-0.3, -0.25) is 0 Å². The highest BCUT2D eigenvalue weighted by atomic mass is 32.1. The maximum absolute atomic E-state index is 11.1. The molecule has 0 saturated heterocycles. The lowest BCUT2D eigenvalue weighted by molar-refractivity contribution is 0.0701. The number of carbonyl (C=O) groups is 1. The number of nitrogens with one attached hydrogen (secondary N) is 1. The van der Waals surface area contributed by atoms with E-state index >= 15 is 0 Å². The molecule has 3 N–H and O–H groups in total. The summed E-state index contributed by atoms with van der Waals surface area (Å²) in [5, 5.41) is 22.4. The van der Waals surface area contributed by atoms with Gasteiger partial charge in [-0.15, -0.1) is 11.3 Å². The second-order valence-corrected chi connectivity index (χ2v) is 5.25. The van der Waals surface area contributed by atoms with E-state index in [0.717, 1.165) is 11.3 Å². The van der Waals surface area contributed by atoms with Gasteiger partial charge in [0.1, 0.15) is 21.9 Å². The molecule has 2 heterocycles. The Morgan fingerprint density at radius 1 is 1.55 bits per heavy atom. The number of anilines is 1. The molecule has 0 radical (unpaired) electrons. The standard InChI is InChI=1S/C12H15N3O4S/c1-6-8-10(13-3-7(16)4-19-2)14-5-15-11(8)20-9(6)12(17)18/h5,7,16H,3-4H2,1-2H3,(H,17,18)(H,13,14,15). The SMILES string of the molecule is COCC(O)CNc1ncnc2sc(C(=O)O)c(C)c12. The topological polar surface area (TPSA) is 105 Å². The van der Waals surface area contributed by atoms with Crippen molar-refractivity contribution in [2.24, 2.45) is 0 Å². The van der Waals surface area contributed by atoms with E-state index in [2.05, 4.69) is 15.3 Å². The van der Waals surface area contributed by atoms with Gasteiger partial charge < -0.3 is 20.3 Å². The van der Waals surface area contributed by atoms with Gasteiger partial charge in [-0.05, 0) is 12.5 Å². The lowest BCUT2D eigenvalue weighted by atomic mass is 10.2. The largest absolute Gasteiger partial charge is 0.477 e. The molecule has 8 heteroatoms. The van der Waals surface area contributed by atoms with Crippen molar-refractivity contribution < 1.29 is 19.7 Å². The Balaban J connectivity index is 2.32. The summed E-state index contributed by atoms with van der Waals surface area (Å²) in [6.45, 7) is 2.20. The van der Waals surface area contributed by atoms with Gasteiger partial charge in [0.15, 0.2) is 0 Å². The maximum Gasteiger partial charge on any atom is 0.346 e. The highest BCUT2D eigenvalue weighted by Gasteiger charge is 2.18. The molecule has 0 fully saturated rings. The van der Waals surface area contributed by atoms with E-state index in [1.165, 1.54) is 13.4 Å². The fourth-order valence-corrected chi connectivity index (χ4v) is 2.86. The monoisotopic (exact) mass is 297 g/mol. The highest BCUT2D eigenvalue weighted by molar-refractivity contribution is 7.20. The fraction of sp³-hybridized carbons (Fsp3) is 0.417. The summed E-state index contributed by atoms with van der Waals surface area (Å²) in [6.07, 6.45) is 0.706. The van der Waals surface area contributed by atoms with E-state index in [1.54, 1.807) is 6.92 Å². The third kappa shape index (κ3) is 2.87. The van der Waals surface area contributed by atoms with Crippen LogP contribution in [0.2, 0.25) is 0 Å². The number of thiophene rings is 1. The van der Waals surface area contributed by atoms with Crippen LogP contribution in [0.4, 0.5) is 5.82 Å². The number of methoxy groups -OCH3 is 1. The summed E-state index contributed by atoms with van der Waals surface area (Å²) < 4.78 is 4.84. The number of aliphatic hydroxyl groups is 1. The fourth-order valence-electron chi connectivity index (χ4n) is 1.88. The zero-order valence-electron chi connectivity index (χ0n) is 11.1. The Bertz CT molecular complexity index is 628. The number of rotatable bonds is 6. The van der Waals surface area contributed by atoms with Crippen molar-refractivity contribution in [2.75, 3.05) is 25.6 Å². The normalized spacial score (nSPS) is 12.6. The molecule has 0 bridgehead atoms. The van der Waals surface area contributed by atoms with Crippen LogP contribution in [0.1, 0.15) is 15.2 Å². The van der Waals surface area contributed by atoms with Crippen LogP contribution in [0.25, 0.3) is 10.2 Å². The first-order valence-electron chi connectivity index (χ1n) is 5.92. The summed E-state index contributed by atoms with van der Waals surface area (Å²) in [5.41, 5.74) is 0.627. The van der Waals surface area contributed by atoms with Gasteiger partial charge in [0.25, 0.3) is 0 Å². The average Bonchev–Trinajstić information content (AvgIpc) is 2.75. The second kappa shape index (κ2) is 6.12. The summed E-state index contributed by atoms with van der Waals surface area (Å²) in [6, 6.07) is 0. The number of nitrogens with zero attached hydrogens (tertiary/aromatic N) is 2. The molecule has 1 atom stereocenters. The minimum atomic E-state index is -0.976. The number of fused-ring (bicyclic) bond motifs is 1. The molecule has 0 amide bonds. The number of carboxylic acid groups (broad SMARTS) is 1. The molecule has 7 nitrogen and oxygen atoms in total. The number of ether oxygens (including phenoxy) is 1. The lowest BCUT2D eigenvalue weighted by Crippen LogP contribution is -2.24. The smallest absolute Gasteiger partial charge is 0.346 e. The summed E-state index contributed by atoms with van der Waals surface area (Å²) in [4.78, 5) is 20.2. The van der Waals surface area contributed by atoms with Crippen LogP contribution in [0, 0.1) is 6.92 Å². The van der Waals surface area contributed by atoms with Crippen LogP contribution in [0.3, 0.4) is 0 Å². The van der Waals surface area contributed by atoms with Crippen molar-refractivity contribution in [2.45, 2.75) is 13.0 Å². The van der Waals surface area contributed by atoms with Crippen molar-refractivity contribution in [3.05, 3.63) is 16.8 Å². The van der Waals surface area contributed by atoms with Gasteiger partial charge in [0.05, 0.1) is 18.1 Å². The molecule has 2 aromatic heterocycles. The van der Waals surface area contributed by atoms with Crippen LogP contribution in [-0.2, 0) is 4.74 Å². The molecule has 2 rings (SSSR count). The van der Waals surface area contributed by atoms with Crippen molar-refractivity contribution in [3.8, 4) is 0 Å². The Morgan fingerprint density at radius 2 is 2.30 bits per heavy atom. The molecule has 0 aliphatic carbocycles. The zero-order valence-corrected chi connectivity index (χ0v) is 11.9. The third-order valence-corrected chi connectivity index (χ3v) is 3.97. The zero-order chi connectivity index (χ0) is 14.7. The van der Waals surface area contributed by atoms with Gasteiger partial charge in [-0.25, -0.2) is 14.8 Å². The predicted octanol–water partition coefficient (Wildman–Crippen LogP) is 1.12. The number of hydrogen-bond donors (Lipinski definition) is 3. The number of hydrogen-bond acceptors (Lipinski definition) is 7. The van der Waals surface area contributed by atoms with Crippen LogP contribution >= 0.6 is 11.3 Å². The number of aromatic carboxylic acids is 1. The maximum atomic E-state index is 11.1. The van der Waals surface area contributed by atoms with Crippen LogP contribution in [0.15, 0.2) is 6.33 Å². The summed E-state index contributed by atoms with van der Waals surface area (Å²) in [5.74, 6) is -0.456. The highest BCUT2D eigenvalue weighted by Crippen LogP contribution is 2.33. The summed E-state index contributed by atoms with van der Waals surface area (Å²) >= 11 is 1.11. The first-order valence-corrected chi connectivity index (χ1v) is 6.74. The average molecular weight is 297 g/mol. The number of carboxylic acids is 1. The first-order chi connectivity index (χ1) is 9.54. The Morgan fingerprint density at radius 3 is 2.95 bits per heavy atom. The molecule has 1 unspecified atom stereocenters. The van der Waals surface area contributed by atoms with Crippen LogP contribution < -0.4 is 5.32 Å². The van der Waals surface area contributed by atoms with Gasteiger partial charge in [-0.1, -0.05) is 0 Å². The van der Waals surface area contributed by atoms with Crippen molar-refractivity contribution in [1.82, 2.24) is 9.97 Å². The second-order valence-electron chi connectivity index (χ2n) is 4.25. The first kappa shape index (κ1) is 14.6. The van der Waals surface area contributed by atoms with Gasteiger partial charge >= 0.3 is 5.97 Å². The van der Waals surface area contributed by atoms with Gasteiger partial charge in [0, 0.05) is 13.7 Å². The Labute approximate surface area is 119 Å². The van der Waals surface area contributed by atoms with Crippen LogP contribution in [-0.4, -0.2) is 52.5 Å². The van der Waals surface area contributed by atoms with Gasteiger partial charge in [0.2, 0.25) is 0 Å². The molecule has 0 saturated carbocycles. The van der Waals surface area contributed by atoms with E-state index in [0.29, 0.717) is 21.6 Å². The number of aryl methyl sites for hydroxylation is 1. The molecule has 0 aliphatic heterocycles. The van der Waals surface area contributed by atoms with Crippen molar-refractivity contribution in [3.63, 3.8) is 0 Å². The third-order valence-electron chi connectivity index (χ3n) is 2.79. The molecular formula is C12H15N3O4S. The molecule has 0 aliphatic rings. The van der Waals surface area contributed by atoms with Gasteiger partial charge in [-0.2, -0.15) is 0 Å². The minimum Gasteiger partial charge on any atom is -0.477 e. The minimum absolute atomic E-state index is 0.213. The lowest BCUT2D eigenvalue weighted by Gasteiger charge is -2.11. The van der Waals surface area contributed by atoms with E-state index < -0.39 is 12.1 Å². The number of aromatic nitrogens is 2. The summed E-state index contributed by atoms with van der Waals surface area (Å²) in [7, 11) is 1.51. The van der Waals surface area contributed by atoms with Crippen molar-refractivity contribution in [1.29, 1.82) is 0 Å². The molecule has 20 heavy (non-hydrogen) atoms. The molecule has 2 aromatic rings. The molecule has 0 aromatic carbocycles. The van der Waals surface area contributed by atoms with E-state index in [9.17, 15) is 9.90 Å². The Kier molecular flexibility index (Phi) is 4.48. The van der Waals surface area contributed by atoms with Crippen LogP contribution in [0.5, 0.6) is 0 Å². The van der Waals surface area contributed by atoms with E-state index in [-0.39, 0.29) is 18.0 Å². The number of aliphatic hydroxyl groups excluding tert-OH is 1. The molecule has 0 spiro atoms. The molecule has 108 valence electrons. The van der Waals surface area contributed by atoms with Crippen molar-refractivity contribution >= 4 is 33.3 Å². The quantitative estimate of drug-likeness (QED) is 0.733.